The van der Waals surface area contributed by atoms with Crippen molar-refractivity contribution in [2.45, 2.75) is 13.0 Å². The van der Waals surface area contributed by atoms with Crippen LogP contribution in [-0.2, 0) is 0 Å². The molecular weight excluding hydrogens is 356 g/mol. The van der Waals surface area contributed by atoms with Gasteiger partial charge in [0.1, 0.15) is 5.69 Å². The first-order valence-corrected chi connectivity index (χ1v) is 8.20. The van der Waals surface area contributed by atoms with Crippen LogP contribution in [-0.4, -0.2) is 22.1 Å². The SMILES string of the molecule is C[C@@H](NC(=O)c1ccccc1)c1c(-c2ccc(Cl)cc2)noc1C(=O)O. The zero-order chi connectivity index (χ0) is 18.7. The maximum absolute atomic E-state index is 12.4. The van der Waals surface area contributed by atoms with Crippen molar-refractivity contribution in [1.29, 1.82) is 0 Å². The van der Waals surface area contributed by atoms with E-state index in [1.807, 2.05) is 0 Å². The summed E-state index contributed by atoms with van der Waals surface area (Å²) in [6, 6.07) is 14.8. The van der Waals surface area contributed by atoms with E-state index in [2.05, 4.69) is 10.5 Å². The molecule has 7 heteroatoms. The van der Waals surface area contributed by atoms with Crippen LogP contribution < -0.4 is 5.32 Å². The number of hydrogen-bond donors (Lipinski definition) is 2. The van der Waals surface area contributed by atoms with Gasteiger partial charge in [-0.1, -0.05) is 47.1 Å². The topological polar surface area (TPSA) is 92.4 Å². The summed E-state index contributed by atoms with van der Waals surface area (Å²) < 4.78 is 5.02. The van der Waals surface area contributed by atoms with Crippen molar-refractivity contribution in [3.05, 3.63) is 76.5 Å². The molecule has 0 saturated heterocycles. The zero-order valence-corrected chi connectivity index (χ0v) is 14.5. The minimum Gasteiger partial charge on any atom is -0.475 e. The van der Waals surface area contributed by atoms with Gasteiger partial charge in [0, 0.05) is 16.1 Å². The highest BCUT2D eigenvalue weighted by Crippen LogP contribution is 2.31. The summed E-state index contributed by atoms with van der Waals surface area (Å²) in [5.74, 6) is -1.89. The van der Waals surface area contributed by atoms with Crippen LogP contribution in [0.25, 0.3) is 11.3 Å². The van der Waals surface area contributed by atoms with Gasteiger partial charge in [0.2, 0.25) is 5.76 Å². The van der Waals surface area contributed by atoms with E-state index >= 15 is 0 Å². The average Bonchev–Trinajstić information content (AvgIpc) is 3.08. The molecule has 2 N–H and O–H groups in total. The van der Waals surface area contributed by atoms with Gasteiger partial charge in [0.05, 0.1) is 11.6 Å². The predicted octanol–water partition coefficient (Wildman–Crippen LogP) is 4.18. The van der Waals surface area contributed by atoms with Crippen LogP contribution in [0, 0.1) is 0 Å². The van der Waals surface area contributed by atoms with Crippen LogP contribution in [0.15, 0.2) is 59.1 Å². The first-order chi connectivity index (χ1) is 12.5. The number of carbonyl (C=O) groups is 2. The Morgan fingerprint density at radius 3 is 2.38 bits per heavy atom. The molecule has 132 valence electrons. The first-order valence-electron chi connectivity index (χ1n) is 7.82. The Kier molecular flexibility index (Phi) is 5.04. The number of benzene rings is 2. The Labute approximate surface area is 154 Å². The van der Waals surface area contributed by atoms with Crippen molar-refractivity contribution >= 4 is 23.5 Å². The van der Waals surface area contributed by atoms with E-state index in [0.717, 1.165) is 0 Å². The second kappa shape index (κ2) is 7.41. The summed E-state index contributed by atoms with van der Waals surface area (Å²) in [5.41, 5.74) is 1.76. The molecule has 0 radical (unpaired) electrons. The van der Waals surface area contributed by atoms with Gasteiger partial charge in [0.25, 0.3) is 5.91 Å². The van der Waals surface area contributed by atoms with Gasteiger partial charge >= 0.3 is 5.97 Å². The first kappa shape index (κ1) is 17.7. The summed E-state index contributed by atoms with van der Waals surface area (Å²) in [6.45, 7) is 1.68. The molecule has 1 atom stereocenters. The fourth-order valence-electron chi connectivity index (χ4n) is 2.61. The molecule has 1 aromatic heterocycles. The fraction of sp³-hybridized carbons (Fsp3) is 0.105. The molecule has 0 unspecified atom stereocenters. The summed E-state index contributed by atoms with van der Waals surface area (Å²) in [7, 11) is 0. The van der Waals surface area contributed by atoms with E-state index < -0.39 is 12.0 Å². The van der Waals surface area contributed by atoms with Gasteiger partial charge in [0.15, 0.2) is 0 Å². The van der Waals surface area contributed by atoms with E-state index in [9.17, 15) is 14.7 Å². The van der Waals surface area contributed by atoms with Gasteiger partial charge in [-0.25, -0.2) is 4.79 Å². The minimum atomic E-state index is -1.26. The van der Waals surface area contributed by atoms with Gasteiger partial charge in [-0.05, 0) is 31.2 Å². The van der Waals surface area contributed by atoms with Crippen molar-refractivity contribution in [2.75, 3.05) is 0 Å². The summed E-state index contributed by atoms with van der Waals surface area (Å²) >= 11 is 5.90. The maximum Gasteiger partial charge on any atom is 0.375 e. The second-order valence-electron chi connectivity index (χ2n) is 5.65. The highest BCUT2D eigenvalue weighted by Gasteiger charge is 2.28. The third-order valence-corrected chi connectivity index (χ3v) is 4.11. The number of nitrogens with one attached hydrogen (secondary N) is 1. The Balaban J connectivity index is 1.96. The van der Waals surface area contributed by atoms with Crippen LogP contribution in [0.2, 0.25) is 5.02 Å². The number of halogens is 1. The standard InChI is InChI=1S/C19H15ClN2O4/c1-11(21-18(23)13-5-3-2-4-6-13)15-16(22-26-17(15)19(24)25)12-7-9-14(20)10-8-12/h2-11H,1H3,(H,21,23)(H,24,25)/t11-/m1/s1. The lowest BCUT2D eigenvalue weighted by Gasteiger charge is -2.14. The molecule has 3 rings (SSSR count). The highest BCUT2D eigenvalue weighted by atomic mass is 35.5. The lowest BCUT2D eigenvalue weighted by Crippen LogP contribution is -2.27. The van der Waals surface area contributed by atoms with Gasteiger partial charge < -0.3 is 14.9 Å². The molecule has 1 heterocycles. The molecule has 0 aliphatic heterocycles. The Bertz CT molecular complexity index is 936. The number of carbonyl (C=O) groups excluding carboxylic acids is 1. The van der Waals surface area contributed by atoms with Crippen LogP contribution in [0.1, 0.15) is 39.4 Å². The van der Waals surface area contributed by atoms with Gasteiger partial charge in [-0.2, -0.15) is 0 Å². The zero-order valence-electron chi connectivity index (χ0n) is 13.8. The number of rotatable bonds is 5. The quantitative estimate of drug-likeness (QED) is 0.702. The van der Waals surface area contributed by atoms with E-state index in [0.29, 0.717) is 27.4 Å². The smallest absolute Gasteiger partial charge is 0.375 e. The van der Waals surface area contributed by atoms with Crippen LogP contribution >= 0.6 is 11.6 Å². The Hall–Kier alpha value is -3.12. The predicted molar refractivity (Wildman–Crippen MR) is 96.2 cm³/mol. The molecule has 0 fully saturated rings. The number of amides is 1. The molecule has 3 aromatic rings. The second-order valence-corrected chi connectivity index (χ2v) is 6.08. The van der Waals surface area contributed by atoms with Crippen molar-refractivity contribution in [3.63, 3.8) is 0 Å². The normalized spacial score (nSPS) is 11.8. The number of aromatic nitrogens is 1. The summed E-state index contributed by atoms with van der Waals surface area (Å²) in [6.07, 6.45) is 0. The van der Waals surface area contributed by atoms with Gasteiger partial charge in [-0.15, -0.1) is 0 Å². The molecule has 0 spiro atoms. The molecular formula is C19H15ClN2O4. The lowest BCUT2D eigenvalue weighted by molar-refractivity contribution is 0.0648. The molecule has 0 aliphatic rings. The number of aromatic carboxylic acids is 1. The maximum atomic E-state index is 12.4. The van der Waals surface area contributed by atoms with E-state index in [1.165, 1.54) is 0 Å². The molecule has 2 aromatic carbocycles. The number of carboxylic acids is 1. The van der Waals surface area contributed by atoms with Crippen molar-refractivity contribution in [3.8, 4) is 11.3 Å². The fourth-order valence-corrected chi connectivity index (χ4v) is 2.74. The van der Waals surface area contributed by atoms with Crippen LogP contribution in [0.3, 0.4) is 0 Å². The molecule has 26 heavy (non-hydrogen) atoms. The highest BCUT2D eigenvalue weighted by molar-refractivity contribution is 6.30. The number of nitrogens with zero attached hydrogens (tertiary/aromatic N) is 1. The van der Waals surface area contributed by atoms with Crippen molar-refractivity contribution < 1.29 is 19.2 Å². The largest absolute Gasteiger partial charge is 0.475 e. The molecule has 0 aliphatic carbocycles. The van der Waals surface area contributed by atoms with E-state index in [-0.39, 0.29) is 11.7 Å². The van der Waals surface area contributed by atoms with Crippen LogP contribution in [0.5, 0.6) is 0 Å². The van der Waals surface area contributed by atoms with Crippen LogP contribution in [0.4, 0.5) is 0 Å². The van der Waals surface area contributed by atoms with Crippen molar-refractivity contribution in [1.82, 2.24) is 10.5 Å². The number of carboxylic acid groups (broad SMARTS) is 1. The average molecular weight is 371 g/mol. The molecule has 0 bridgehead atoms. The Morgan fingerprint density at radius 2 is 1.77 bits per heavy atom. The van der Waals surface area contributed by atoms with Crippen molar-refractivity contribution in [2.24, 2.45) is 0 Å². The van der Waals surface area contributed by atoms with E-state index in [4.69, 9.17) is 16.1 Å². The summed E-state index contributed by atoms with van der Waals surface area (Å²) in [5, 5.41) is 16.6. The minimum absolute atomic E-state index is 0.295. The summed E-state index contributed by atoms with van der Waals surface area (Å²) in [4.78, 5) is 23.9. The Morgan fingerprint density at radius 1 is 1.12 bits per heavy atom. The van der Waals surface area contributed by atoms with Gasteiger partial charge in [-0.3, -0.25) is 4.79 Å². The molecule has 1 amide bonds. The molecule has 6 nitrogen and oxygen atoms in total. The van der Waals surface area contributed by atoms with E-state index in [1.54, 1.807) is 61.5 Å². The third-order valence-electron chi connectivity index (χ3n) is 3.86. The molecule has 0 saturated carbocycles. The lowest BCUT2D eigenvalue weighted by atomic mass is 10.00. The number of hydrogen-bond acceptors (Lipinski definition) is 4. The monoisotopic (exact) mass is 370 g/mol. The third kappa shape index (κ3) is 3.60.